The van der Waals surface area contributed by atoms with Crippen LogP contribution in [0.3, 0.4) is 0 Å². The highest BCUT2D eigenvalue weighted by molar-refractivity contribution is 5.94. The fourth-order valence-electron chi connectivity index (χ4n) is 2.46. The first-order chi connectivity index (χ1) is 12.3. The zero-order chi connectivity index (χ0) is 17.5. The summed E-state index contributed by atoms with van der Waals surface area (Å²) in [4.78, 5) is 20.7. The Kier molecular flexibility index (Phi) is 5.53. The van der Waals surface area contributed by atoms with Crippen molar-refractivity contribution in [3.63, 3.8) is 0 Å². The molecule has 0 unspecified atom stereocenters. The monoisotopic (exact) mass is 336 g/mol. The third kappa shape index (κ3) is 4.30. The number of carbonyl (C=O) groups excluding carboxylic acids is 1. The van der Waals surface area contributed by atoms with E-state index in [2.05, 4.69) is 15.3 Å². The van der Waals surface area contributed by atoms with Crippen molar-refractivity contribution in [1.82, 2.24) is 19.9 Å². The van der Waals surface area contributed by atoms with Crippen LogP contribution in [-0.2, 0) is 17.9 Å². The van der Waals surface area contributed by atoms with Crippen LogP contribution in [0.5, 0.6) is 0 Å². The van der Waals surface area contributed by atoms with E-state index in [-0.39, 0.29) is 5.91 Å². The maximum atomic E-state index is 12.5. The fraction of sp³-hybridized carbons (Fsp3) is 0.211. The summed E-state index contributed by atoms with van der Waals surface area (Å²) in [5.41, 5.74) is 2.69. The number of pyridine rings is 1. The van der Waals surface area contributed by atoms with Gasteiger partial charge in [-0.25, -0.2) is 9.97 Å². The standard InChI is InChI=1S/C19H20N4O2/c1-2-25-13-17-6-4-3-5-16(17)12-22-19(24)15-7-8-21-18(11-15)23-10-9-20-14-23/h3-11,14H,2,12-13H2,1H3,(H,22,24). The number of nitrogens with zero attached hydrogens (tertiary/aromatic N) is 3. The number of hydrogen-bond donors (Lipinski definition) is 1. The quantitative estimate of drug-likeness (QED) is 0.720. The molecule has 0 spiro atoms. The Bertz CT molecular complexity index is 831. The fourth-order valence-corrected chi connectivity index (χ4v) is 2.46. The second kappa shape index (κ2) is 8.21. The zero-order valence-corrected chi connectivity index (χ0v) is 14.1. The number of aromatic nitrogens is 3. The average molecular weight is 336 g/mol. The van der Waals surface area contributed by atoms with Gasteiger partial charge in [0, 0.05) is 37.3 Å². The summed E-state index contributed by atoms with van der Waals surface area (Å²) < 4.78 is 7.24. The highest BCUT2D eigenvalue weighted by Gasteiger charge is 2.09. The molecule has 0 saturated carbocycles. The molecule has 0 saturated heterocycles. The Morgan fingerprint density at radius 3 is 2.80 bits per heavy atom. The van der Waals surface area contributed by atoms with Crippen LogP contribution in [0.25, 0.3) is 5.82 Å². The summed E-state index contributed by atoms with van der Waals surface area (Å²) in [6.07, 6.45) is 6.72. The largest absolute Gasteiger partial charge is 0.377 e. The van der Waals surface area contributed by atoms with Gasteiger partial charge in [-0.3, -0.25) is 9.36 Å². The average Bonchev–Trinajstić information content (AvgIpc) is 3.20. The van der Waals surface area contributed by atoms with Gasteiger partial charge in [-0.05, 0) is 30.2 Å². The van der Waals surface area contributed by atoms with Crippen molar-refractivity contribution < 1.29 is 9.53 Å². The van der Waals surface area contributed by atoms with Crippen LogP contribution in [0.1, 0.15) is 28.4 Å². The molecule has 0 radical (unpaired) electrons. The molecular formula is C19H20N4O2. The number of hydrogen-bond acceptors (Lipinski definition) is 4. The molecule has 2 aromatic heterocycles. The smallest absolute Gasteiger partial charge is 0.251 e. The van der Waals surface area contributed by atoms with Gasteiger partial charge in [-0.1, -0.05) is 24.3 Å². The van der Waals surface area contributed by atoms with Crippen LogP contribution in [0.4, 0.5) is 0 Å². The molecule has 0 atom stereocenters. The van der Waals surface area contributed by atoms with E-state index in [4.69, 9.17) is 4.74 Å². The number of rotatable bonds is 7. The van der Waals surface area contributed by atoms with Crippen molar-refractivity contribution in [1.29, 1.82) is 0 Å². The van der Waals surface area contributed by atoms with E-state index in [1.165, 1.54) is 0 Å². The summed E-state index contributed by atoms with van der Waals surface area (Å²) in [6.45, 7) is 3.62. The summed E-state index contributed by atoms with van der Waals surface area (Å²) in [7, 11) is 0. The second-order valence-electron chi connectivity index (χ2n) is 5.46. The molecule has 128 valence electrons. The molecule has 3 aromatic rings. The van der Waals surface area contributed by atoms with Crippen LogP contribution < -0.4 is 5.32 Å². The van der Waals surface area contributed by atoms with Gasteiger partial charge in [0.25, 0.3) is 5.91 Å². The van der Waals surface area contributed by atoms with Gasteiger partial charge in [0.05, 0.1) is 6.61 Å². The predicted molar refractivity (Wildman–Crippen MR) is 94.3 cm³/mol. The van der Waals surface area contributed by atoms with Crippen molar-refractivity contribution in [3.8, 4) is 5.82 Å². The van der Waals surface area contributed by atoms with Crippen LogP contribution >= 0.6 is 0 Å². The van der Waals surface area contributed by atoms with E-state index >= 15 is 0 Å². The van der Waals surface area contributed by atoms with Crippen LogP contribution in [-0.4, -0.2) is 27.0 Å². The second-order valence-corrected chi connectivity index (χ2v) is 5.46. The molecule has 0 aliphatic heterocycles. The molecule has 0 aliphatic carbocycles. The first-order valence-electron chi connectivity index (χ1n) is 8.15. The molecule has 1 aromatic carbocycles. The van der Waals surface area contributed by atoms with Gasteiger partial charge in [0.15, 0.2) is 0 Å². The number of ether oxygens (including phenoxy) is 1. The molecule has 3 rings (SSSR count). The minimum absolute atomic E-state index is 0.144. The molecule has 25 heavy (non-hydrogen) atoms. The summed E-state index contributed by atoms with van der Waals surface area (Å²) in [5, 5.41) is 2.96. The van der Waals surface area contributed by atoms with Gasteiger partial charge in [0.1, 0.15) is 12.1 Å². The summed E-state index contributed by atoms with van der Waals surface area (Å²) >= 11 is 0. The molecule has 0 fully saturated rings. The zero-order valence-electron chi connectivity index (χ0n) is 14.1. The first-order valence-corrected chi connectivity index (χ1v) is 8.15. The summed E-state index contributed by atoms with van der Waals surface area (Å²) in [5.74, 6) is 0.511. The Hall–Kier alpha value is -2.99. The van der Waals surface area contributed by atoms with E-state index in [9.17, 15) is 4.79 Å². The van der Waals surface area contributed by atoms with Crippen molar-refractivity contribution >= 4 is 5.91 Å². The van der Waals surface area contributed by atoms with Crippen molar-refractivity contribution in [2.75, 3.05) is 6.61 Å². The Balaban J connectivity index is 1.68. The molecule has 0 bridgehead atoms. The molecule has 6 nitrogen and oxygen atoms in total. The third-order valence-corrected chi connectivity index (χ3v) is 3.80. The first kappa shape index (κ1) is 16.9. The van der Waals surface area contributed by atoms with Crippen LogP contribution in [0.2, 0.25) is 0 Å². The van der Waals surface area contributed by atoms with E-state index in [1.54, 1.807) is 41.6 Å². The van der Waals surface area contributed by atoms with E-state index in [1.807, 2.05) is 31.2 Å². The molecule has 1 N–H and O–H groups in total. The van der Waals surface area contributed by atoms with Crippen LogP contribution in [0.15, 0.2) is 61.3 Å². The van der Waals surface area contributed by atoms with Crippen molar-refractivity contribution in [2.45, 2.75) is 20.1 Å². The number of nitrogens with one attached hydrogen (secondary N) is 1. The molecule has 2 heterocycles. The number of benzene rings is 1. The third-order valence-electron chi connectivity index (χ3n) is 3.80. The number of amides is 1. The molecule has 0 aliphatic rings. The van der Waals surface area contributed by atoms with Gasteiger partial charge in [-0.2, -0.15) is 0 Å². The Labute approximate surface area is 146 Å². The van der Waals surface area contributed by atoms with Crippen molar-refractivity contribution in [2.24, 2.45) is 0 Å². The normalized spacial score (nSPS) is 10.6. The highest BCUT2D eigenvalue weighted by atomic mass is 16.5. The lowest BCUT2D eigenvalue weighted by molar-refractivity contribution is 0.0949. The topological polar surface area (TPSA) is 69.0 Å². The van der Waals surface area contributed by atoms with Gasteiger partial charge < -0.3 is 10.1 Å². The Morgan fingerprint density at radius 2 is 2.04 bits per heavy atom. The maximum Gasteiger partial charge on any atom is 0.251 e. The van der Waals surface area contributed by atoms with Gasteiger partial charge in [-0.15, -0.1) is 0 Å². The minimum atomic E-state index is -0.144. The molecule has 1 amide bonds. The van der Waals surface area contributed by atoms with E-state index < -0.39 is 0 Å². The van der Waals surface area contributed by atoms with Gasteiger partial charge in [0.2, 0.25) is 0 Å². The lowest BCUT2D eigenvalue weighted by Crippen LogP contribution is -2.23. The number of carbonyl (C=O) groups is 1. The minimum Gasteiger partial charge on any atom is -0.377 e. The number of imidazole rings is 1. The predicted octanol–water partition coefficient (Wildman–Crippen LogP) is 2.73. The summed E-state index contributed by atoms with van der Waals surface area (Å²) in [6, 6.07) is 11.4. The Morgan fingerprint density at radius 1 is 1.20 bits per heavy atom. The van der Waals surface area contributed by atoms with Crippen molar-refractivity contribution in [3.05, 3.63) is 78.0 Å². The maximum absolute atomic E-state index is 12.5. The van der Waals surface area contributed by atoms with E-state index in [0.717, 1.165) is 11.1 Å². The lowest BCUT2D eigenvalue weighted by Gasteiger charge is -2.11. The lowest BCUT2D eigenvalue weighted by atomic mass is 10.1. The molecule has 6 heteroatoms. The highest BCUT2D eigenvalue weighted by Crippen LogP contribution is 2.11. The molecular weight excluding hydrogens is 316 g/mol. The SMILES string of the molecule is CCOCc1ccccc1CNC(=O)c1ccnc(-n2ccnc2)c1. The van der Waals surface area contributed by atoms with Crippen LogP contribution in [0, 0.1) is 0 Å². The van der Waals surface area contributed by atoms with E-state index in [0.29, 0.717) is 31.1 Å². The van der Waals surface area contributed by atoms with Gasteiger partial charge >= 0.3 is 0 Å².